The summed E-state index contributed by atoms with van der Waals surface area (Å²) in [5.74, 6) is 0. The number of hydrogen-bond acceptors (Lipinski definition) is 2. The number of nitrogens with zero attached hydrogens (tertiary/aromatic N) is 2. The summed E-state index contributed by atoms with van der Waals surface area (Å²) in [6, 6.07) is 10.9. The molecule has 14 heavy (non-hydrogen) atoms. The second-order valence-corrected chi connectivity index (χ2v) is 3.10. The average Bonchev–Trinajstić information content (AvgIpc) is 2.47. The first-order valence-corrected chi connectivity index (χ1v) is 4.27. The number of aryl methyl sites for hydroxylation is 1. The normalized spacial score (nSPS) is 10.4. The molecule has 1 aromatic carbocycles. The van der Waals surface area contributed by atoms with Crippen LogP contribution < -0.4 is 4.85 Å². The standard InChI is InChI=1S/C10H10N2O2/c1-8-7-10(12(14)11(8)13)9-5-3-2-4-6-9/h2-7,14H,1H3. The van der Waals surface area contributed by atoms with Crippen molar-refractivity contribution < 1.29 is 10.1 Å². The van der Waals surface area contributed by atoms with Crippen LogP contribution in [-0.2, 0) is 0 Å². The highest BCUT2D eigenvalue weighted by Crippen LogP contribution is 2.17. The second kappa shape index (κ2) is 3.06. The zero-order valence-corrected chi connectivity index (χ0v) is 7.71. The van der Waals surface area contributed by atoms with Crippen LogP contribution in [-0.4, -0.2) is 10.1 Å². The van der Waals surface area contributed by atoms with Gasteiger partial charge in [-0.25, -0.2) is 0 Å². The minimum Gasteiger partial charge on any atom is -0.593 e. The Kier molecular flexibility index (Phi) is 1.89. The summed E-state index contributed by atoms with van der Waals surface area (Å²) in [7, 11) is 0. The minimum atomic E-state index is 0.447. The second-order valence-electron chi connectivity index (χ2n) is 3.10. The van der Waals surface area contributed by atoms with Gasteiger partial charge in [0.2, 0.25) is 5.69 Å². The SMILES string of the molecule is Cc1cc(-c2ccccc2)n(O)[n+]1[O-]. The summed E-state index contributed by atoms with van der Waals surface area (Å²) >= 11 is 0. The van der Waals surface area contributed by atoms with Crippen molar-refractivity contribution in [2.45, 2.75) is 6.92 Å². The highest BCUT2D eigenvalue weighted by molar-refractivity contribution is 5.58. The zero-order chi connectivity index (χ0) is 10.1. The number of hydrogen-bond donors (Lipinski definition) is 1. The van der Waals surface area contributed by atoms with Crippen molar-refractivity contribution in [3.05, 3.63) is 47.3 Å². The van der Waals surface area contributed by atoms with E-state index in [1.54, 1.807) is 13.0 Å². The zero-order valence-electron chi connectivity index (χ0n) is 7.71. The lowest BCUT2D eigenvalue weighted by Crippen LogP contribution is -2.38. The highest BCUT2D eigenvalue weighted by atomic mass is 16.6. The fourth-order valence-corrected chi connectivity index (χ4v) is 1.37. The Bertz CT molecular complexity index is 449. The third-order valence-corrected chi connectivity index (χ3v) is 2.10. The van der Waals surface area contributed by atoms with Gasteiger partial charge in [-0.3, -0.25) is 0 Å². The first-order chi connectivity index (χ1) is 6.70. The summed E-state index contributed by atoms with van der Waals surface area (Å²) < 4.78 is 0. The predicted octanol–water partition coefficient (Wildman–Crippen LogP) is 1.33. The Morgan fingerprint density at radius 3 is 2.43 bits per heavy atom. The molecule has 0 saturated heterocycles. The Balaban J connectivity index is 2.58. The van der Waals surface area contributed by atoms with Gasteiger partial charge in [0.25, 0.3) is 0 Å². The molecule has 1 heterocycles. The van der Waals surface area contributed by atoms with Gasteiger partial charge in [-0.2, -0.15) is 0 Å². The van der Waals surface area contributed by atoms with E-state index in [-0.39, 0.29) is 0 Å². The molecule has 0 amide bonds. The Morgan fingerprint density at radius 1 is 1.29 bits per heavy atom. The van der Waals surface area contributed by atoms with E-state index in [9.17, 15) is 10.4 Å². The lowest BCUT2D eigenvalue weighted by Gasteiger charge is -1.99. The van der Waals surface area contributed by atoms with Crippen LogP contribution in [0.25, 0.3) is 11.3 Å². The van der Waals surface area contributed by atoms with Crippen LogP contribution in [0.2, 0.25) is 0 Å². The molecule has 0 aliphatic carbocycles. The maximum absolute atomic E-state index is 11.2. The molecule has 4 heteroatoms. The molecule has 0 unspecified atom stereocenters. The van der Waals surface area contributed by atoms with Crippen LogP contribution in [0.3, 0.4) is 0 Å². The maximum Gasteiger partial charge on any atom is 0.222 e. The smallest absolute Gasteiger partial charge is 0.222 e. The molecule has 2 rings (SSSR count). The van der Waals surface area contributed by atoms with Crippen molar-refractivity contribution in [2.24, 2.45) is 0 Å². The van der Waals surface area contributed by atoms with Gasteiger partial charge >= 0.3 is 0 Å². The molecule has 72 valence electrons. The topological polar surface area (TPSA) is 52.1 Å². The number of aromatic nitrogens is 2. The van der Waals surface area contributed by atoms with E-state index in [0.29, 0.717) is 21.1 Å². The first-order valence-electron chi connectivity index (χ1n) is 4.27. The maximum atomic E-state index is 11.2. The molecule has 0 radical (unpaired) electrons. The van der Waals surface area contributed by atoms with Gasteiger partial charge in [0, 0.05) is 23.4 Å². The van der Waals surface area contributed by atoms with Gasteiger partial charge in [0.05, 0.1) is 0 Å². The van der Waals surface area contributed by atoms with E-state index in [1.165, 1.54) is 0 Å². The van der Waals surface area contributed by atoms with Gasteiger partial charge in [-0.15, -0.1) is 0 Å². The van der Waals surface area contributed by atoms with Crippen LogP contribution in [0.15, 0.2) is 36.4 Å². The van der Waals surface area contributed by atoms with E-state index >= 15 is 0 Å². The Hall–Kier alpha value is -1.97. The fourth-order valence-electron chi connectivity index (χ4n) is 1.37. The van der Waals surface area contributed by atoms with Crippen molar-refractivity contribution >= 4 is 0 Å². The molecule has 0 aliphatic rings. The van der Waals surface area contributed by atoms with Crippen molar-refractivity contribution in [3.63, 3.8) is 0 Å². The Morgan fingerprint density at radius 2 is 1.93 bits per heavy atom. The van der Waals surface area contributed by atoms with Crippen LogP contribution in [0.1, 0.15) is 5.69 Å². The quantitative estimate of drug-likeness (QED) is 0.419. The van der Waals surface area contributed by atoms with Gasteiger partial charge < -0.3 is 10.4 Å². The molecule has 0 fully saturated rings. The van der Waals surface area contributed by atoms with Crippen molar-refractivity contribution in [1.29, 1.82) is 0 Å². The van der Waals surface area contributed by atoms with Gasteiger partial charge in [0.15, 0.2) is 5.69 Å². The minimum absolute atomic E-state index is 0.447. The lowest BCUT2D eigenvalue weighted by molar-refractivity contribution is -0.729. The molecule has 0 bridgehead atoms. The molecule has 4 nitrogen and oxygen atoms in total. The molecule has 1 aromatic heterocycles. The molecule has 2 aromatic rings. The lowest BCUT2D eigenvalue weighted by atomic mass is 10.1. The van der Waals surface area contributed by atoms with Gasteiger partial charge in [0.1, 0.15) is 0 Å². The van der Waals surface area contributed by atoms with Gasteiger partial charge in [-0.1, -0.05) is 30.3 Å². The van der Waals surface area contributed by atoms with Crippen molar-refractivity contribution in [1.82, 2.24) is 4.85 Å². The molecule has 0 aliphatic heterocycles. The molecule has 0 saturated carbocycles. The van der Waals surface area contributed by atoms with Crippen LogP contribution in [0.5, 0.6) is 0 Å². The third-order valence-electron chi connectivity index (χ3n) is 2.10. The van der Waals surface area contributed by atoms with E-state index in [1.807, 2.05) is 30.3 Å². The summed E-state index contributed by atoms with van der Waals surface area (Å²) in [5.41, 5.74) is 1.78. The summed E-state index contributed by atoms with van der Waals surface area (Å²) in [5, 5.41) is 20.6. The molecule has 0 atom stereocenters. The van der Waals surface area contributed by atoms with Crippen molar-refractivity contribution in [2.75, 3.05) is 0 Å². The van der Waals surface area contributed by atoms with E-state index in [2.05, 4.69) is 0 Å². The third kappa shape index (κ3) is 1.21. The highest BCUT2D eigenvalue weighted by Gasteiger charge is 2.15. The van der Waals surface area contributed by atoms with Crippen LogP contribution in [0.4, 0.5) is 0 Å². The summed E-state index contributed by atoms with van der Waals surface area (Å²) in [6.45, 7) is 1.64. The summed E-state index contributed by atoms with van der Waals surface area (Å²) in [6.07, 6.45) is 0. The summed E-state index contributed by atoms with van der Waals surface area (Å²) in [4.78, 5) is 1.05. The molecule has 0 spiro atoms. The van der Waals surface area contributed by atoms with E-state index < -0.39 is 0 Å². The average molecular weight is 190 g/mol. The predicted molar refractivity (Wildman–Crippen MR) is 50.7 cm³/mol. The fraction of sp³-hybridized carbons (Fsp3) is 0.100. The van der Waals surface area contributed by atoms with E-state index in [4.69, 9.17) is 0 Å². The van der Waals surface area contributed by atoms with Crippen molar-refractivity contribution in [3.8, 4) is 11.3 Å². The molecular formula is C10H10N2O2. The first kappa shape index (κ1) is 8.62. The van der Waals surface area contributed by atoms with Gasteiger partial charge in [-0.05, 0) is 4.85 Å². The molecular weight excluding hydrogens is 180 g/mol. The molecule has 1 N–H and O–H groups in total. The van der Waals surface area contributed by atoms with Crippen LogP contribution in [0, 0.1) is 12.1 Å². The largest absolute Gasteiger partial charge is 0.593 e. The Labute approximate surface area is 81.2 Å². The van der Waals surface area contributed by atoms with Crippen LogP contribution >= 0.6 is 0 Å². The monoisotopic (exact) mass is 190 g/mol. The number of rotatable bonds is 1. The number of benzene rings is 1. The van der Waals surface area contributed by atoms with E-state index in [0.717, 1.165) is 5.56 Å².